The fourth-order valence-electron chi connectivity index (χ4n) is 3.89. The van der Waals surface area contributed by atoms with Crippen molar-refractivity contribution in [2.75, 3.05) is 6.54 Å². The van der Waals surface area contributed by atoms with Crippen molar-refractivity contribution >= 4 is 29.1 Å². The van der Waals surface area contributed by atoms with Gasteiger partial charge in [-0.15, -0.1) is 0 Å². The lowest BCUT2D eigenvalue weighted by Crippen LogP contribution is -2.31. The molecule has 3 aromatic carbocycles. The van der Waals surface area contributed by atoms with Crippen LogP contribution in [-0.2, 0) is 16.0 Å². The number of carbonyl (C=O) groups excluding carboxylic acids is 2. The Kier molecular flexibility index (Phi) is 5.92. The minimum Gasteiger partial charge on any atom is -0.507 e. The fraction of sp³-hybridized carbons (Fsp3) is 0.154. The first-order valence-corrected chi connectivity index (χ1v) is 10.5. The van der Waals surface area contributed by atoms with Gasteiger partial charge in [0.25, 0.3) is 11.7 Å². The summed E-state index contributed by atoms with van der Waals surface area (Å²) in [4.78, 5) is 27.6. The van der Waals surface area contributed by atoms with Gasteiger partial charge in [0.1, 0.15) is 5.76 Å². The number of aliphatic hydroxyl groups excluding tert-OH is 1. The van der Waals surface area contributed by atoms with E-state index in [1.54, 1.807) is 30.3 Å². The summed E-state index contributed by atoms with van der Waals surface area (Å²) in [5, 5.41) is 11.5. The average molecular weight is 432 g/mol. The normalized spacial score (nSPS) is 17.9. The molecule has 1 N–H and O–H groups in total. The number of rotatable bonds is 5. The second kappa shape index (κ2) is 8.78. The maximum atomic E-state index is 13.1. The van der Waals surface area contributed by atoms with Gasteiger partial charge in [-0.3, -0.25) is 9.59 Å². The standard InChI is InChI=1S/C26H22ClNO3/c1-17-11-13-19(14-12-17)24(29)22-23(20-9-5-6-10-21(20)27)28(26(31)25(22)30)16-15-18-7-3-2-4-8-18/h2-14,23,29H,15-16H2,1H3/t23-/m1/s1. The Bertz CT molecular complexity index is 1150. The maximum Gasteiger partial charge on any atom is 0.295 e. The highest BCUT2D eigenvalue weighted by Gasteiger charge is 2.46. The van der Waals surface area contributed by atoms with E-state index >= 15 is 0 Å². The molecule has 1 aliphatic heterocycles. The van der Waals surface area contributed by atoms with Crippen LogP contribution in [0.15, 0.2) is 84.4 Å². The minimum absolute atomic E-state index is 0.0648. The number of Topliss-reactive ketones (excluding diaryl/α,β-unsaturated/α-hetero) is 1. The summed E-state index contributed by atoms with van der Waals surface area (Å²) in [6.07, 6.45) is 0.583. The van der Waals surface area contributed by atoms with Crippen molar-refractivity contribution in [2.45, 2.75) is 19.4 Å². The molecule has 0 aromatic heterocycles. The highest BCUT2D eigenvalue weighted by molar-refractivity contribution is 6.47. The first-order chi connectivity index (χ1) is 15.0. The Balaban J connectivity index is 1.80. The Morgan fingerprint density at radius 1 is 0.935 bits per heavy atom. The molecule has 1 atom stereocenters. The molecule has 0 unspecified atom stereocenters. The largest absolute Gasteiger partial charge is 0.507 e. The zero-order valence-electron chi connectivity index (χ0n) is 17.1. The van der Waals surface area contributed by atoms with Crippen molar-refractivity contribution in [1.82, 2.24) is 4.90 Å². The minimum atomic E-state index is -0.751. The molecule has 156 valence electrons. The van der Waals surface area contributed by atoms with Gasteiger partial charge < -0.3 is 10.0 Å². The van der Waals surface area contributed by atoms with Gasteiger partial charge in [-0.1, -0.05) is 90.0 Å². The van der Waals surface area contributed by atoms with Crippen molar-refractivity contribution in [3.8, 4) is 0 Å². The molecule has 0 saturated carbocycles. The summed E-state index contributed by atoms with van der Waals surface area (Å²) in [5.74, 6) is -1.52. The molecular formula is C26H22ClNO3. The molecule has 0 bridgehead atoms. The van der Waals surface area contributed by atoms with Crippen molar-refractivity contribution in [3.63, 3.8) is 0 Å². The second-order valence-electron chi connectivity index (χ2n) is 7.62. The topological polar surface area (TPSA) is 57.6 Å². The smallest absolute Gasteiger partial charge is 0.295 e. The number of hydrogen-bond donors (Lipinski definition) is 1. The van der Waals surface area contributed by atoms with Crippen molar-refractivity contribution < 1.29 is 14.7 Å². The molecule has 1 aliphatic rings. The zero-order valence-corrected chi connectivity index (χ0v) is 17.8. The first-order valence-electron chi connectivity index (χ1n) is 10.1. The quantitative estimate of drug-likeness (QED) is 0.338. The van der Waals surface area contributed by atoms with E-state index in [1.807, 2.05) is 55.5 Å². The van der Waals surface area contributed by atoms with Gasteiger partial charge in [-0.05, 0) is 30.5 Å². The van der Waals surface area contributed by atoms with E-state index in [9.17, 15) is 14.7 Å². The fourth-order valence-corrected chi connectivity index (χ4v) is 4.13. The van der Waals surface area contributed by atoms with Crippen LogP contribution < -0.4 is 0 Å². The number of halogens is 1. The van der Waals surface area contributed by atoms with Crippen molar-refractivity contribution in [1.29, 1.82) is 0 Å². The van der Waals surface area contributed by atoms with Gasteiger partial charge in [0, 0.05) is 17.1 Å². The Morgan fingerprint density at radius 3 is 2.26 bits per heavy atom. The maximum absolute atomic E-state index is 13.1. The third-order valence-electron chi connectivity index (χ3n) is 5.55. The number of carbonyl (C=O) groups is 2. The molecule has 4 rings (SSSR count). The molecule has 4 nitrogen and oxygen atoms in total. The van der Waals surface area contributed by atoms with Crippen LogP contribution >= 0.6 is 11.6 Å². The predicted octanol–water partition coefficient (Wildman–Crippen LogP) is 5.31. The summed E-state index contributed by atoms with van der Waals surface area (Å²) >= 11 is 6.47. The van der Waals surface area contributed by atoms with Crippen LogP contribution in [0.25, 0.3) is 5.76 Å². The molecule has 1 fully saturated rings. The van der Waals surface area contributed by atoms with Gasteiger partial charge >= 0.3 is 0 Å². The van der Waals surface area contributed by atoms with Crippen molar-refractivity contribution in [2.24, 2.45) is 0 Å². The summed E-state index contributed by atoms with van der Waals surface area (Å²) in [6.45, 7) is 2.27. The predicted molar refractivity (Wildman–Crippen MR) is 122 cm³/mol. The highest BCUT2D eigenvalue weighted by Crippen LogP contribution is 2.41. The van der Waals surface area contributed by atoms with Crippen LogP contribution in [0.2, 0.25) is 5.02 Å². The molecule has 3 aromatic rings. The monoisotopic (exact) mass is 431 g/mol. The highest BCUT2D eigenvalue weighted by atomic mass is 35.5. The molecule has 31 heavy (non-hydrogen) atoms. The van der Waals surface area contributed by atoms with Crippen LogP contribution in [0.5, 0.6) is 0 Å². The number of hydrogen-bond acceptors (Lipinski definition) is 3. The lowest BCUT2D eigenvalue weighted by atomic mass is 9.95. The van der Waals surface area contributed by atoms with Crippen LogP contribution in [0.1, 0.15) is 28.3 Å². The average Bonchev–Trinajstić information content (AvgIpc) is 3.03. The molecule has 1 heterocycles. The third-order valence-corrected chi connectivity index (χ3v) is 5.89. The van der Waals surface area contributed by atoms with Crippen LogP contribution in [0, 0.1) is 6.92 Å². The number of amides is 1. The van der Waals surface area contributed by atoms with Crippen LogP contribution in [0.4, 0.5) is 0 Å². The lowest BCUT2D eigenvalue weighted by molar-refractivity contribution is -0.139. The summed E-state index contributed by atoms with van der Waals surface area (Å²) in [7, 11) is 0. The van der Waals surface area contributed by atoms with E-state index in [1.165, 1.54) is 4.90 Å². The van der Waals surface area contributed by atoms with Crippen LogP contribution in [-0.4, -0.2) is 28.2 Å². The zero-order chi connectivity index (χ0) is 22.0. The summed E-state index contributed by atoms with van der Waals surface area (Å²) in [6, 6.07) is 23.3. The van der Waals surface area contributed by atoms with Gasteiger partial charge in [-0.2, -0.15) is 0 Å². The molecule has 1 amide bonds. The molecule has 1 saturated heterocycles. The van der Waals surface area contributed by atoms with Gasteiger partial charge in [-0.25, -0.2) is 0 Å². The molecular weight excluding hydrogens is 410 g/mol. The molecule has 0 aliphatic carbocycles. The molecule has 5 heteroatoms. The van der Waals surface area contributed by atoms with Gasteiger partial charge in [0.2, 0.25) is 0 Å². The van der Waals surface area contributed by atoms with E-state index in [0.717, 1.165) is 11.1 Å². The van der Waals surface area contributed by atoms with E-state index in [4.69, 9.17) is 11.6 Å². The van der Waals surface area contributed by atoms with Gasteiger partial charge in [0.15, 0.2) is 0 Å². The number of ketones is 1. The Labute approximate surface area is 186 Å². The van der Waals surface area contributed by atoms with E-state index < -0.39 is 17.7 Å². The SMILES string of the molecule is Cc1ccc(C(O)=C2C(=O)C(=O)N(CCc3ccccc3)[C@@H]2c2ccccc2Cl)cc1. The number of benzene rings is 3. The summed E-state index contributed by atoms with van der Waals surface area (Å²) in [5.41, 5.74) is 3.26. The second-order valence-corrected chi connectivity index (χ2v) is 8.02. The van der Waals surface area contributed by atoms with Gasteiger partial charge in [0.05, 0.1) is 11.6 Å². The van der Waals surface area contributed by atoms with E-state index in [-0.39, 0.29) is 11.3 Å². The Hall–Kier alpha value is -3.37. The number of aliphatic hydroxyl groups is 1. The third kappa shape index (κ3) is 4.12. The van der Waals surface area contributed by atoms with E-state index in [2.05, 4.69) is 0 Å². The lowest BCUT2D eigenvalue weighted by Gasteiger charge is -2.26. The van der Waals surface area contributed by atoms with Crippen molar-refractivity contribution in [3.05, 3.63) is 112 Å². The molecule has 0 spiro atoms. The van der Waals surface area contributed by atoms with Crippen LogP contribution in [0.3, 0.4) is 0 Å². The Morgan fingerprint density at radius 2 is 1.58 bits per heavy atom. The summed E-state index contributed by atoms with van der Waals surface area (Å²) < 4.78 is 0. The molecule has 0 radical (unpaired) electrons. The number of aryl methyl sites for hydroxylation is 1. The number of likely N-dealkylation sites (tertiary alicyclic amines) is 1. The number of nitrogens with zero attached hydrogens (tertiary/aromatic N) is 1. The first kappa shape index (κ1) is 20.9. The van der Waals surface area contributed by atoms with E-state index in [0.29, 0.717) is 29.1 Å².